The zero-order chi connectivity index (χ0) is 17.1. The highest BCUT2D eigenvalue weighted by atomic mass is 16.4. The second-order valence-corrected chi connectivity index (χ2v) is 4.92. The molecule has 3 rings (SSSR count). The Balaban J connectivity index is 1.66. The minimum atomic E-state index is -1.03. The molecule has 0 atom stereocenters. The van der Waals surface area contributed by atoms with Gasteiger partial charge < -0.3 is 25.6 Å². The predicted molar refractivity (Wildman–Crippen MR) is 87.0 cm³/mol. The Labute approximate surface area is 135 Å². The van der Waals surface area contributed by atoms with Crippen LogP contribution in [-0.2, 0) is 4.79 Å². The number of amides is 1. The van der Waals surface area contributed by atoms with Crippen LogP contribution in [0.5, 0.6) is 0 Å². The lowest BCUT2D eigenvalue weighted by molar-refractivity contribution is -0.111. The number of nitrogens with zero attached hydrogens (tertiary/aromatic N) is 2. The number of aromatic nitrogens is 2. The highest BCUT2D eigenvalue weighted by molar-refractivity contribution is 6.00. The number of H-pyrrole nitrogens is 1. The molecular formula is C15H13N5O4. The minimum absolute atomic E-state index is 0.139. The van der Waals surface area contributed by atoms with Gasteiger partial charge in [0.05, 0.1) is 18.6 Å². The fraction of sp³-hybridized carbons (Fsp3) is 0.0667. The molecule has 1 aliphatic rings. The Bertz CT molecular complexity index is 872. The molecule has 1 amide bonds. The minimum Gasteiger partial charge on any atom is -0.478 e. The Kier molecular flexibility index (Phi) is 3.98. The summed E-state index contributed by atoms with van der Waals surface area (Å²) in [5.41, 5.74) is 0.689. The topological polar surface area (TPSA) is 127 Å². The van der Waals surface area contributed by atoms with Crippen molar-refractivity contribution in [2.45, 2.75) is 0 Å². The second kappa shape index (κ2) is 6.24. The molecule has 0 radical (unpaired) electrons. The quantitative estimate of drug-likeness (QED) is 0.612. The second-order valence-electron chi connectivity index (χ2n) is 4.92. The van der Waals surface area contributed by atoms with Crippen molar-refractivity contribution in [3.05, 3.63) is 58.8 Å². The number of carboxylic acids is 1. The molecule has 0 fully saturated rings. The summed E-state index contributed by atoms with van der Waals surface area (Å²) in [4.78, 5) is 42.4. The molecular weight excluding hydrogens is 314 g/mol. The molecule has 0 aliphatic carbocycles. The average Bonchev–Trinajstić information content (AvgIpc) is 2.98. The van der Waals surface area contributed by atoms with Crippen molar-refractivity contribution in [3.8, 4) is 0 Å². The van der Waals surface area contributed by atoms with E-state index in [4.69, 9.17) is 5.11 Å². The van der Waals surface area contributed by atoms with Crippen LogP contribution in [0.2, 0.25) is 0 Å². The van der Waals surface area contributed by atoms with E-state index in [9.17, 15) is 14.4 Å². The SMILES string of the molecule is O=C(C=CN1CNc2c1nc[nH]c2=O)Nc1ccc(C(=O)O)cc1. The number of rotatable bonds is 4. The van der Waals surface area contributed by atoms with E-state index in [1.165, 1.54) is 42.9 Å². The Morgan fingerprint density at radius 2 is 2.04 bits per heavy atom. The molecule has 1 aromatic carbocycles. The van der Waals surface area contributed by atoms with Crippen LogP contribution in [-0.4, -0.2) is 33.6 Å². The summed E-state index contributed by atoms with van der Waals surface area (Å²) < 4.78 is 0. The van der Waals surface area contributed by atoms with Gasteiger partial charge in [-0.25, -0.2) is 9.78 Å². The molecule has 0 spiro atoms. The van der Waals surface area contributed by atoms with E-state index in [2.05, 4.69) is 20.6 Å². The molecule has 0 bridgehead atoms. The summed E-state index contributed by atoms with van der Waals surface area (Å²) in [6.07, 6.45) is 4.09. The van der Waals surface area contributed by atoms with Gasteiger partial charge in [0.15, 0.2) is 5.82 Å². The molecule has 0 unspecified atom stereocenters. The van der Waals surface area contributed by atoms with E-state index in [0.717, 1.165) is 0 Å². The Morgan fingerprint density at radius 3 is 2.75 bits per heavy atom. The predicted octanol–water partition coefficient (Wildman–Crippen LogP) is 0.810. The van der Waals surface area contributed by atoms with Crippen LogP contribution in [0.15, 0.2) is 47.7 Å². The highest BCUT2D eigenvalue weighted by Crippen LogP contribution is 2.24. The summed E-state index contributed by atoms with van der Waals surface area (Å²) in [6, 6.07) is 5.81. The Hall–Kier alpha value is -3.62. The van der Waals surface area contributed by atoms with Gasteiger partial charge in [0.1, 0.15) is 5.69 Å². The average molecular weight is 327 g/mol. The zero-order valence-corrected chi connectivity index (χ0v) is 12.3. The van der Waals surface area contributed by atoms with E-state index >= 15 is 0 Å². The number of hydrogen-bond acceptors (Lipinski definition) is 6. The third-order valence-electron chi connectivity index (χ3n) is 3.34. The molecule has 4 N–H and O–H groups in total. The maximum absolute atomic E-state index is 11.9. The van der Waals surface area contributed by atoms with Crippen molar-refractivity contribution in [1.29, 1.82) is 0 Å². The molecule has 2 aromatic rings. The van der Waals surface area contributed by atoms with Crippen molar-refractivity contribution >= 4 is 29.1 Å². The first-order valence-electron chi connectivity index (χ1n) is 6.95. The van der Waals surface area contributed by atoms with Gasteiger partial charge in [-0.2, -0.15) is 0 Å². The van der Waals surface area contributed by atoms with Crippen molar-refractivity contribution in [2.75, 3.05) is 22.2 Å². The van der Waals surface area contributed by atoms with Gasteiger partial charge in [-0.15, -0.1) is 0 Å². The molecule has 24 heavy (non-hydrogen) atoms. The van der Waals surface area contributed by atoms with Crippen molar-refractivity contribution < 1.29 is 14.7 Å². The van der Waals surface area contributed by atoms with E-state index in [-0.39, 0.29) is 11.1 Å². The van der Waals surface area contributed by atoms with E-state index in [1.54, 1.807) is 4.90 Å². The summed E-state index contributed by atoms with van der Waals surface area (Å²) in [5, 5.41) is 14.3. The number of carbonyl (C=O) groups is 2. The maximum atomic E-state index is 11.9. The monoisotopic (exact) mass is 327 g/mol. The highest BCUT2D eigenvalue weighted by Gasteiger charge is 2.20. The van der Waals surface area contributed by atoms with Crippen LogP contribution in [0.4, 0.5) is 17.2 Å². The maximum Gasteiger partial charge on any atom is 0.335 e. The number of carboxylic acid groups (broad SMARTS) is 1. The number of fused-ring (bicyclic) bond motifs is 1. The number of anilines is 3. The largest absolute Gasteiger partial charge is 0.478 e. The summed E-state index contributed by atoms with van der Waals surface area (Å²) in [5.74, 6) is -0.986. The summed E-state index contributed by atoms with van der Waals surface area (Å²) >= 11 is 0. The van der Waals surface area contributed by atoms with Crippen molar-refractivity contribution in [1.82, 2.24) is 9.97 Å². The van der Waals surface area contributed by atoms with Crippen LogP contribution in [0.3, 0.4) is 0 Å². The third kappa shape index (κ3) is 3.09. The van der Waals surface area contributed by atoms with Gasteiger partial charge >= 0.3 is 5.97 Å². The van der Waals surface area contributed by atoms with E-state index in [0.29, 0.717) is 23.9 Å². The molecule has 0 saturated heterocycles. The molecule has 2 heterocycles. The number of aromatic carboxylic acids is 1. The first kappa shape index (κ1) is 15.3. The lowest BCUT2D eigenvalue weighted by Crippen LogP contribution is -2.17. The fourth-order valence-electron chi connectivity index (χ4n) is 2.17. The van der Waals surface area contributed by atoms with E-state index < -0.39 is 11.9 Å². The zero-order valence-electron chi connectivity index (χ0n) is 12.3. The van der Waals surface area contributed by atoms with Crippen molar-refractivity contribution in [2.24, 2.45) is 0 Å². The smallest absolute Gasteiger partial charge is 0.335 e. The summed E-state index contributed by atoms with van der Waals surface area (Å²) in [7, 11) is 0. The van der Waals surface area contributed by atoms with Crippen LogP contribution >= 0.6 is 0 Å². The van der Waals surface area contributed by atoms with Gasteiger partial charge in [-0.1, -0.05) is 0 Å². The van der Waals surface area contributed by atoms with Crippen LogP contribution in [0.1, 0.15) is 10.4 Å². The van der Waals surface area contributed by atoms with Crippen LogP contribution < -0.4 is 21.1 Å². The molecule has 9 nitrogen and oxygen atoms in total. The first-order chi connectivity index (χ1) is 11.5. The molecule has 122 valence electrons. The number of benzene rings is 1. The van der Waals surface area contributed by atoms with Crippen LogP contribution in [0.25, 0.3) is 0 Å². The first-order valence-corrected chi connectivity index (χ1v) is 6.95. The van der Waals surface area contributed by atoms with Gasteiger partial charge in [0.25, 0.3) is 5.56 Å². The number of nitrogens with one attached hydrogen (secondary N) is 3. The standard InChI is InChI=1S/C15H13N5O4/c21-11(19-10-3-1-9(2-4-10)15(23)24)5-6-20-8-18-12-13(20)16-7-17-14(12)22/h1-7,18H,8H2,(H,19,21)(H,23,24)(H,16,17,22). The van der Waals surface area contributed by atoms with Gasteiger partial charge in [0, 0.05) is 18.0 Å². The molecule has 1 aromatic heterocycles. The lowest BCUT2D eigenvalue weighted by Gasteiger charge is -2.10. The molecule has 0 saturated carbocycles. The molecule has 9 heteroatoms. The number of carbonyl (C=O) groups excluding carboxylic acids is 1. The van der Waals surface area contributed by atoms with Gasteiger partial charge in [0.2, 0.25) is 5.91 Å². The van der Waals surface area contributed by atoms with Gasteiger partial charge in [-0.3, -0.25) is 9.59 Å². The van der Waals surface area contributed by atoms with Crippen LogP contribution in [0, 0.1) is 0 Å². The number of aromatic amines is 1. The van der Waals surface area contributed by atoms with E-state index in [1.807, 2.05) is 0 Å². The van der Waals surface area contributed by atoms with Crippen molar-refractivity contribution in [3.63, 3.8) is 0 Å². The fourth-order valence-corrected chi connectivity index (χ4v) is 2.17. The molecule has 1 aliphatic heterocycles. The summed E-state index contributed by atoms with van der Waals surface area (Å²) in [6.45, 7) is 0.326. The normalized spacial score (nSPS) is 12.8. The third-order valence-corrected chi connectivity index (χ3v) is 3.34. The Morgan fingerprint density at radius 1 is 1.29 bits per heavy atom. The number of hydrogen-bond donors (Lipinski definition) is 4. The van der Waals surface area contributed by atoms with Gasteiger partial charge in [-0.05, 0) is 24.3 Å². The lowest BCUT2D eigenvalue weighted by atomic mass is 10.2.